The lowest BCUT2D eigenvalue weighted by Gasteiger charge is -2.13. The molecule has 1 rings (SSSR count). The van der Waals surface area contributed by atoms with Gasteiger partial charge in [-0.05, 0) is 6.92 Å². The van der Waals surface area contributed by atoms with Crippen LogP contribution in [-0.2, 0) is 14.2 Å². The summed E-state index contributed by atoms with van der Waals surface area (Å²) in [6.45, 7) is 0.249. The predicted octanol–water partition coefficient (Wildman–Crippen LogP) is 1.28. The Morgan fingerprint density at radius 3 is 2.58 bits per heavy atom. The summed E-state index contributed by atoms with van der Waals surface area (Å²) in [5.41, 5.74) is 0. The third-order valence-electron chi connectivity index (χ3n) is 1.33. The molecule has 12 heavy (non-hydrogen) atoms. The van der Waals surface area contributed by atoms with E-state index in [1.165, 1.54) is 0 Å². The molecule has 0 saturated carbocycles. The molecule has 0 aliphatic carbocycles. The van der Waals surface area contributed by atoms with Gasteiger partial charge < -0.3 is 14.2 Å². The van der Waals surface area contributed by atoms with Crippen LogP contribution in [0.15, 0.2) is 0 Å². The monoisotopic (exact) mass is 186 g/mol. The van der Waals surface area contributed by atoms with Crippen molar-refractivity contribution in [3.63, 3.8) is 0 Å². The summed E-state index contributed by atoms with van der Waals surface area (Å²) in [7, 11) is 0. The molecule has 1 heterocycles. The Kier molecular flexibility index (Phi) is 2.92. The lowest BCUT2D eigenvalue weighted by molar-refractivity contribution is -0.272. The Morgan fingerprint density at radius 1 is 1.50 bits per heavy atom. The van der Waals surface area contributed by atoms with Crippen LogP contribution in [0.4, 0.5) is 13.2 Å². The Labute approximate surface area is 67.4 Å². The summed E-state index contributed by atoms with van der Waals surface area (Å²) in [4.78, 5) is 0. The van der Waals surface area contributed by atoms with Crippen molar-refractivity contribution < 1.29 is 27.4 Å². The van der Waals surface area contributed by atoms with Crippen LogP contribution in [-0.4, -0.2) is 32.0 Å². The summed E-state index contributed by atoms with van der Waals surface area (Å²) in [6.07, 6.45) is -6.22. The zero-order valence-electron chi connectivity index (χ0n) is 6.43. The first kappa shape index (κ1) is 9.76. The maximum Gasteiger partial charge on any atom is 0.417 e. The van der Waals surface area contributed by atoms with Crippen LogP contribution < -0.4 is 0 Å². The van der Waals surface area contributed by atoms with Crippen LogP contribution in [0.3, 0.4) is 0 Å². The van der Waals surface area contributed by atoms with Crippen molar-refractivity contribution in [3.8, 4) is 0 Å². The first-order valence-corrected chi connectivity index (χ1v) is 3.49. The minimum absolute atomic E-state index is 0.259. The second kappa shape index (κ2) is 3.59. The van der Waals surface area contributed by atoms with Crippen molar-refractivity contribution >= 4 is 0 Å². The van der Waals surface area contributed by atoms with E-state index >= 15 is 0 Å². The fraction of sp³-hybridized carbons (Fsp3) is 1.00. The maximum atomic E-state index is 11.9. The number of hydrogen-bond donors (Lipinski definition) is 0. The average molecular weight is 186 g/mol. The smallest absolute Gasteiger partial charge is 0.330 e. The van der Waals surface area contributed by atoms with E-state index in [0.717, 1.165) is 0 Å². The molecule has 1 fully saturated rings. The largest absolute Gasteiger partial charge is 0.417 e. The van der Waals surface area contributed by atoms with Crippen molar-refractivity contribution in [1.82, 2.24) is 0 Å². The van der Waals surface area contributed by atoms with E-state index < -0.39 is 25.4 Å². The molecule has 0 spiro atoms. The van der Waals surface area contributed by atoms with Crippen LogP contribution in [0.25, 0.3) is 0 Å². The van der Waals surface area contributed by atoms with Crippen LogP contribution >= 0.6 is 0 Å². The van der Waals surface area contributed by atoms with Gasteiger partial charge in [0.1, 0.15) is 0 Å². The van der Waals surface area contributed by atoms with Crippen molar-refractivity contribution in [2.24, 2.45) is 0 Å². The van der Waals surface area contributed by atoms with Crippen LogP contribution in [0, 0.1) is 0 Å². The second-order valence-corrected chi connectivity index (χ2v) is 2.24. The van der Waals surface area contributed by atoms with Crippen LogP contribution in [0.2, 0.25) is 0 Å². The SMILES string of the molecule is CCOC1OCC(C(F)(F)F)O1. The highest BCUT2D eigenvalue weighted by molar-refractivity contribution is 4.70. The van der Waals surface area contributed by atoms with Crippen molar-refractivity contribution in [2.45, 2.75) is 25.7 Å². The first-order valence-electron chi connectivity index (χ1n) is 3.49. The van der Waals surface area contributed by atoms with Crippen LogP contribution in [0.5, 0.6) is 0 Å². The number of ether oxygens (including phenoxy) is 3. The van der Waals surface area contributed by atoms with Gasteiger partial charge in [0.2, 0.25) is 0 Å². The minimum Gasteiger partial charge on any atom is -0.330 e. The number of halogens is 3. The molecule has 1 saturated heterocycles. The first-order chi connectivity index (χ1) is 5.54. The molecule has 2 unspecified atom stereocenters. The normalized spacial score (nSPS) is 31.0. The third-order valence-corrected chi connectivity index (χ3v) is 1.33. The topological polar surface area (TPSA) is 27.7 Å². The second-order valence-electron chi connectivity index (χ2n) is 2.24. The predicted molar refractivity (Wildman–Crippen MR) is 32.3 cm³/mol. The lowest BCUT2D eigenvalue weighted by Crippen LogP contribution is -2.31. The van der Waals surface area contributed by atoms with Gasteiger partial charge in [0, 0.05) is 6.61 Å². The Morgan fingerprint density at radius 2 is 2.17 bits per heavy atom. The molecule has 1 aliphatic rings. The fourth-order valence-electron chi connectivity index (χ4n) is 0.774. The van der Waals surface area contributed by atoms with E-state index in [1.807, 2.05) is 0 Å². The molecule has 0 aromatic rings. The molecule has 72 valence electrons. The quantitative estimate of drug-likeness (QED) is 0.650. The summed E-state index contributed by atoms with van der Waals surface area (Å²) >= 11 is 0. The number of hydrogen-bond acceptors (Lipinski definition) is 3. The Hall–Kier alpha value is -0.330. The highest BCUT2D eigenvalue weighted by Crippen LogP contribution is 2.28. The summed E-state index contributed by atoms with van der Waals surface area (Å²) < 4.78 is 49.4. The zero-order chi connectivity index (χ0) is 9.19. The Bertz CT molecular complexity index is 147. The molecular weight excluding hydrogens is 177 g/mol. The molecular formula is C6H9F3O3. The summed E-state index contributed by atoms with van der Waals surface area (Å²) in [5, 5.41) is 0. The van der Waals surface area contributed by atoms with E-state index in [0.29, 0.717) is 0 Å². The molecule has 0 N–H and O–H groups in total. The van der Waals surface area contributed by atoms with E-state index in [-0.39, 0.29) is 6.61 Å². The summed E-state index contributed by atoms with van der Waals surface area (Å²) in [6, 6.07) is 0. The van der Waals surface area contributed by atoms with Crippen molar-refractivity contribution in [3.05, 3.63) is 0 Å². The maximum absolute atomic E-state index is 11.9. The highest BCUT2D eigenvalue weighted by Gasteiger charge is 2.46. The van der Waals surface area contributed by atoms with Crippen LogP contribution in [0.1, 0.15) is 6.92 Å². The van der Waals surface area contributed by atoms with Gasteiger partial charge in [-0.2, -0.15) is 13.2 Å². The van der Waals surface area contributed by atoms with Crippen molar-refractivity contribution in [2.75, 3.05) is 13.2 Å². The van der Waals surface area contributed by atoms with Gasteiger partial charge in [-0.25, -0.2) is 0 Å². The molecule has 2 atom stereocenters. The van der Waals surface area contributed by atoms with Gasteiger partial charge in [0.25, 0.3) is 6.48 Å². The number of alkyl halides is 3. The molecule has 0 radical (unpaired) electrons. The van der Waals surface area contributed by atoms with Gasteiger partial charge in [-0.3, -0.25) is 0 Å². The highest BCUT2D eigenvalue weighted by atomic mass is 19.4. The van der Waals surface area contributed by atoms with Crippen molar-refractivity contribution in [1.29, 1.82) is 0 Å². The summed E-state index contributed by atoms with van der Waals surface area (Å²) in [5.74, 6) is 0. The van der Waals surface area contributed by atoms with E-state index in [4.69, 9.17) is 0 Å². The standard InChI is InChI=1S/C6H9F3O3/c1-2-10-5-11-3-4(12-5)6(7,8)9/h4-5H,2-3H2,1H3. The zero-order valence-corrected chi connectivity index (χ0v) is 6.43. The van der Waals surface area contributed by atoms with E-state index in [1.54, 1.807) is 6.92 Å². The fourth-order valence-corrected chi connectivity index (χ4v) is 0.774. The molecule has 6 heteroatoms. The molecule has 0 bridgehead atoms. The van der Waals surface area contributed by atoms with Gasteiger partial charge in [0.05, 0.1) is 6.61 Å². The van der Waals surface area contributed by atoms with Gasteiger partial charge >= 0.3 is 6.18 Å². The molecule has 1 aliphatic heterocycles. The number of rotatable bonds is 2. The molecule has 0 amide bonds. The minimum atomic E-state index is -4.37. The Balaban J connectivity index is 2.35. The van der Waals surface area contributed by atoms with E-state index in [2.05, 4.69) is 14.2 Å². The average Bonchev–Trinajstić information content (AvgIpc) is 2.35. The van der Waals surface area contributed by atoms with E-state index in [9.17, 15) is 13.2 Å². The molecule has 3 nitrogen and oxygen atoms in total. The third kappa shape index (κ3) is 2.33. The van der Waals surface area contributed by atoms with Gasteiger partial charge in [0.15, 0.2) is 6.10 Å². The molecule has 0 aromatic carbocycles. The molecule has 0 aromatic heterocycles. The lowest BCUT2D eigenvalue weighted by atomic mass is 10.4. The van der Waals surface area contributed by atoms with Gasteiger partial charge in [-0.1, -0.05) is 0 Å². The van der Waals surface area contributed by atoms with Gasteiger partial charge in [-0.15, -0.1) is 0 Å².